The lowest BCUT2D eigenvalue weighted by Gasteiger charge is -1.94. The van der Waals surface area contributed by atoms with Gasteiger partial charge in [-0.2, -0.15) is 5.10 Å². The molecule has 78 valence electrons. The maximum absolute atomic E-state index is 13.5. The van der Waals surface area contributed by atoms with Crippen LogP contribution in [0.2, 0.25) is 0 Å². The Bertz CT molecular complexity index is 557. The summed E-state index contributed by atoms with van der Waals surface area (Å²) < 4.78 is 14.7. The molecular formula is C9H9FN4O. The van der Waals surface area contributed by atoms with Gasteiger partial charge in [-0.15, -0.1) is 0 Å². The van der Waals surface area contributed by atoms with Gasteiger partial charge < -0.3 is 10.7 Å². The molecule has 0 unspecified atom stereocenters. The average Bonchev–Trinajstić information content (AvgIpc) is 2.46. The molecule has 0 atom stereocenters. The number of H-pyrrole nitrogens is 1. The van der Waals surface area contributed by atoms with Gasteiger partial charge in [0.1, 0.15) is 5.69 Å². The van der Waals surface area contributed by atoms with Crippen LogP contribution in [0, 0.1) is 5.82 Å². The van der Waals surface area contributed by atoms with E-state index in [9.17, 15) is 9.18 Å². The van der Waals surface area contributed by atoms with Crippen LogP contribution in [0.4, 0.5) is 10.2 Å². The summed E-state index contributed by atoms with van der Waals surface area (Å²) in [5, 5.41) is 3.87. The zero-order valence-corrected chi connectivity index (χ0v) is 7.99. The number of aryl methyl sites for hydroxylation is 1. The smallest absolute Gasteiger partial charge is 0.248 e. The van der Waals surface area contributed by atoms with Crippen LogP contribution in [0.15, 0.2) is 23.0 Å². The topological polar surface area (TPSA) is 76.7 Å². The summed E-state index contributed by atoms with van der Waals surface area (Å²) in [6.45, 7) is 0. The van der Waals surface area contributed by atoms with Crippen molar-refractivity contribution in [2.24, 2.45) is 7.05 Å². The Morgan fingerprint density at radius 1 is 1.53 bits per heavy atom. The van der Waals surface area contributed by atoms with Crippen molar-refractivity contribution < 1.29 is 4.39 Å². The zero-order chi connectivity index (χ0) is 11.0. The third-order valence-electron chi connectivity index (χ3n) is 2.05. The summed E-state index contributed by atoms with van der Waals surface area (Å²) in [4.78, 5) is 13.5. The third kappa shape index (κ3) is 1.50. The summed E-state index contributed by atoms with van der Waals surface area (Å²) in [5.74, 6) is -0.686. The maximum atomic E-state index is 13.5. The van der Waals surface area contributed by atoms with E-state index in [1.807, 2.05) is 0 Å². The maximum Gasteiger partial charge on any atom is 0.248 e. The first-order valence-electron chi connectivity index (χ1n) is 4.27. The molecule has 0 fully saturated rings. The van der Waals surface area contributed by atoms with Gasteiger partial charge in [0, 0.05) is 13.1 Å². The van der Waals surface area contributed by atoms with Crippen LogP contribution in [-0.4, -0.2) is 14.8 Å². The molecule has 2 heterocycles. The van der Waals surface area contributed by atoms with Gasteiger partial charge in [0.15, 0.2) is 11.6 Å². The lowest BCUT2D eigenvalue weighted by Crippen LogP contribution is -2.04. The quantitative estimate of drug-likeness (QED) is 0.716. The van der Waals surface area contributed by atoms with Crippen molar-refractivity contribution in [2.75, 3.05) is 5.73 Å². The monoisotopic (exact) mass is 208 g/mol. The highest BCUT2D eigenvalue weighted by Crippen LogP contribution is 2.21. The zero-order valence-electron chi connectivity index (χ0n) is 7.99. The van der Waals surface area contributed by atoms with Gasteiger partial charge in [0.25, 0.3) is 0 Å². The van der Waals surface area contributed by atoms with Gasteiger partial charge in [-0.1, -0.05) is 6.07 Å². The number of hydrogen-bond acceptors (Lipinski definition) is 3. The van der Waals surface area contributed by atoms with Crippen molar-refractivity contribution in [3.8, 4) is 11.4 Å². The second kappa shape index (κ2) is 3.23. The predicted octanol–water partition coefficient (Wildman–Crippen LogP) is 0.497. The van der Waals surface area contributed by atoms with Gasteiger partial charge >= 0.3 is 0 Å². The molecule has 0 amide bonds. The van der Waals surface area contributed by atoms with Gasteiger partial charge in [0.05, 0.1) is 5.69 Å². The molecule has 0 saturated carbocycles. The summed E-state index contributed by atoms with van der Waals surface area (Å²) in [6, 6.07) is 4.43. The van der Waals surface area contributed by atoms with Gasteiger partial charge in [-0.3, -0.25) is 4.79 Å². The second-order valence-corrected chi connectivity index (χ2v) is 3.10. The Kier molecular flexibility index (Phi) is 2.03. The molecule has 6 heteroatoms. The minimum atomic E-state index is -0.626. The number of nitrogens with two attached hydrogens (primary N) is 1. The molecule has 0 aliphatic rings. The molecule has 0 saturated heterocycles. The first-order chi connectivity index (χ1) is 7.09. The van der Waals surface area contributed by atoms with Crippen molar-refractivity contribution in [2.45, 2.75) is 0 Å². The van der Waals surface area contributed by atoms with E-state index < -0.39 is 5.82 Å². The molecule has 0 aliphatic carbocycles. The number of nitrogens with one attached hydrogen (secondary N) is 1. The van der Waals surface area contributed by atoms with Crippen LogP contribution in [-0.2, 0) is 7.05 Å². The molecule has 5 nitrogen and oxygen atoms in total. The standard InChI is InChI=1S/C9H9FN4O/c1-14-9(11)7(10)8(13-14)5-3-2-4-6(15)12-5/h2-4H,11H2,1H3,(H,12,15). The number of rotatable bonds is 1. The van der Waals surface area contributed by atoms with Crippen molar-refractivity contribution >= 4 is 5.82 Å². The lowest BCUT2D eigenvalue weighted by atomic mass is 10.2. The number of anilines is 1. The fourth-order valence-electron chi connectivity index (χ4n) is 1.27. The number of halogens is 1. The van der Waals surface area contributed by atoms with Gasteiger partial charge in [-0.25, -0.2) is 9.07 Å². The third-order valence-corrected chi connectivity index (χ3v) is 2.05. The Labute approximate surface area is 84.3 Å². The molecule has 2 rings (SSSR count). The van der Waals surface area contributed by atoms with Crippen molar-refractivity contribution in [3.05, 3.63) is 34.4 Å². The van der Waals surface area contributed by atoms with E-state index in [1.54, 1.807) is 6.07 Å². The molecule has 0 radical (unpaired) electrons. The molecule has 0 aromatic carbocycles. The minimum absolute atomic E-state index is 0.0488. The Morgan fingerprint density at radius 2 is 2.27 bits per heavy atom. The normalized spacial score (nSPS) is 10.5. The molecule has 0 bridgehead atoms. The van der Waals surface area contributed by atoms with Crippen LogP contribution < -0.4 is 11.3 Å². The molecule has 0 aliphatic heterocycles. The molecule has 2 aromatic rings. The average molecular weight is 208 g/mol. The Hall–Kier alpha value is -2.11. The molecule has 3 N–H and O–H groups in total. The van der Waals surface area contributed by atoms with E-state index in [1.165, 1.54) is 23.9 Å². The molecule has 15 heavy (non-hydrogen) atoms. The Balaban J connectivity index is 2.64. The summed E-state index contributed by atoms with van der Waals surface area (Å²) in [7, 11) is 1.53. The highest BCUT2D eigenvalue weighted by Gasteiger charge is 2.15. The second-order valence-electron chi connectivity index (χ2n) is 3.10. The van der Waals surface area contributed by atoms with Crippen molar-refractivity contribution in [1.82, 2.24) is 14.8 Å². The minimum Gasteiger partial charge on any atom is -0.381 e. The number of pyridine rings is 1. The van der Waals surface area contributed by atoms with E-state index in [2.05, 4.69) is 10.1 Å². The van der Waals surface area contributed by atoms with Gasteiger partial charge in [-0.05, 0) is 6.07 Å². The number of aromatic amines is 1. The highest BCUT2D eigenvalue weighted by molar-refractivity contribution is 5.59. The van der Waals surface area contributed by atoms with Crippen LogP contribution in [0.25, 0.3) is 11.4 Å². The van der Waals surface area contributed by atoms with Crippen molar-refractivity contribution in [1.29, 1.82) is 0 Å². The number of hydrogen-bond donors (Lipinski definition) is 2. The largest absolute Gasteiger partial charge is 0.381 e. The predicted molar refractivity (Wildman–Crippen MR) is 53.6 cm³/mol. The molecule has 2 aromatic heterocycles. The van der Waals surface area contributed by atoms with Crippen molar-refractivity contribution in [3.63, 3.8) is 0 Å². The molecule has 0 spiro atoms. The van der Waals surface area contributed by atoms with Crippen LogP contribution in [0.1, 0.15) is 0 Å². The van der Waals surface area contributed by atoms with E-state index in [0.717, 1.165) is 0 Å². The molecular weight excluding hydrogens is 199 g/mol. The number of nitrogen functional groups attached to an aromatic ring is 1. The summed E-state index contributed by atoms with van der Waals surface area (Å²) in [5.41, 5.74) is 5.46. The number of nitrogens with zero attached hydrogens (tertiary/aromatic N) is 2. The van der Waals surface area contributed by atoms with E-state index in [4.69, 9.17) is 5.73 Å². The summed E-state index contributed by atoms with van der Waals surface area (Å²) in [6.07, 6.45) is 0. The van der Waals surface area contributed by atoms with Crippen LogP contribution in [0.3, 0.4) is 0 Å². The fourth-order valence-corrected chi connectivity index (χ4v) is 1.27. The summed E-state index contributed by atoms with van der Waals surface area (Å²) >= 11 is 0. The van der Waals surface area contributed by atoms with Crippen LogP contribution >= 0.6 is 0 Å². The van der Waals surface area contributed by atoms with Gasteiger partial charge in [0.2, 0.25) is 5.56 Å². The fraction of sp³-hybridized carbons (Fsp3) is 0.111. The van der Waals surface area contributed by atoms with Crippen LogP contribution in [0.5, 0.6) is 0 Å². The first kappa shape index (κ1) is 9.45. The highest BCUT2D eigenvalue weighted by atomic mass is 19.1. The Morgan fingerprint density at radius 3 is 2.80 bits per heavy atom. The lowest BCUT2D eigenvalue weighted by molar-refractivity contribution is 0.633. The van der Waals surface area contributed by atoms with E-state index in [0.29, 0.717) is 5.69 Å². The van der Waals surface area contributed by atoms with E-state index in [-0.39, 0.29) is 17.1 Å². The van der Waals surface area contributed by atoms with E-state index >= 15 is 0 Å². The first-order valence-corrected chi connectivity index (χ1v) is 4.27. The number of aromatic nitrogens is 3. The SMILES string of the molecule is Cn1nc(-c2cccc(=O)[nH]2)c(F)c1N.